The molecular formula is C14H12ClN3O4S. The maximum atomic E-state index is 11.1. The van der Waals surface area contributed by atoms with Gasteiger partial charge in [-0.1, -0.05) is 0 Å². The lowest BCUT2D eigenvalue weighted by Crippen LogP contribution is -2.11. The Morgan fingerprint density at radius 2 is 1.48 bits per heavy atom. The van der Waals surface area contributed by atoms with Crippen LogP contribution in [-0.2, 0) is 14.8 Å². The van der Waals surface area contributed by atoms with Crippen LogP contribution in [0, 0.1) is 0 Å². The number of nitrogens with zero attached hydrogens (tertiary/aromatic N) is 2. The Morgan fingerprint density at radius 1 is 1.00 bits per heavy atom. The molecule has 0 spiro atoms. The van der Waals surface area contributed by atoms with Crippen LogP contribution in [0.25, 0.3) is 0 Å². The van der Waals surface area contributed by atoms with Crippen molar-refractivity contribution < 1.29 is 17.9 Å². The minimum absolute atomic E-state index is 0.00177. The van der Waals surface area contributed by atoms with Crippen molar-refractivity contribution in [2.24, 2.45) is 15.4 Å². The van der Waals surface area contributed by atoms with Crippen molar-refractivity contribution in [2.75, 3.05) is 5.88 Å². The van der Waals surface area contributed by atoms with Gasteiger partial charge in [-0.2, -0.15) is 10.2 Å². The molecule has 2 N–H and O–H groups in total. The minimum atomic E-state index is -3.73. The van der Waals surface area contributed by atoms with Crippen molar-refractivity contribution in [3.05, 3.63) is 48.5 Å². The summed E-state index contributed by atoms with van der Waals surface area (Å²) in [7, 11) is -3.73. The second-order valence-electron chi connectivity index (χ2n) is 4.34. The number of esters is 1. The Kier molecular flexibility index (Phi) is 5.43. The Bertz CT molecular complexity index is 818. The summed E-state index contributed by atoms with van der Waals surface area (Å²) >= 11 is 5.34. The van der Waals surface area contributed by atoms with E-state index in [-0.39, 0.29) is 10.8 Å². The number of rotatable bonds is 5. The molecule has 23 heavy (non-hydrogen) atoms. The minimum Gasteiger partial charge on any atom is -0.426 e. The molecule has 0 heterocycles. The monoisotopic (exact) mass is 353 g/mol. The lowest BCUT2D eigenvalue weighted by atomic mass is 10.3. The number of alkyl halides is 1. The molecule has 2 rings (SSSR count). The van der Waals surface area contributed by atoms with Crippen molar-refractivity contribution in [3.63, 3.8) is 0 Å². The first-order chi connectivity index (χ1) is 10.9. The van der Waals surface area contributed by atoms with Gasteiger partial charge in [-0.15, -0.1) is 11.6 Å². The number of carbonyl (C=O) groups excluding carboxylic acids is 1. The van der Waals surface area contributed by atoms with Gasteiger partial charge in [-0.25, -0.2) is 13.6 Å². The van der Waals surface area contributed by atoms with Crippen molar-refractivity contribution in [3.8, 4) is 5.75 Å². The van der Waals surface area contributed by atoms with Crippen molar-refractivity contribution in [1.82, 2.24) is 0 Å². The maximum Gasteiger partial charge on any atom is 0.326 e. The summed E-state index contributed by atoms with van der Waals surface area (Å²) in [6.07, 6.45) is 0. The highest BCUT2D eigenvalue weighted by atomic mass is 35.5. The second kappa shape index (κ2) is 7.32. The zero-order valence-electron chi connectivity index (χ0n) is 11.7. The molecule has 0 aliphatic rings. The number of benzene rings is 2. The van der Waals surface area contributed by atoms with E-state index in [4.69, 9.17) is 21.5 Å². The fourth-order valence-electron chi connectivity index (χ4n) is 1.56. The third-order valence-corrected chi connectivity index (χ3v) is 3.77. The van der Waals surface area contributed by atoms with Crippen molar-refractivity contribution in [1.29, 1.82) is 0 Å². The van der Waals surface area contributed by atoms with Gasteiger partial charge in [-0.05, 0) is 48.5 Å². The van der Waals surface area contributed by atoms with E-state index in [0.717, 1.165) is 0 Å². The molecule has 120 valence electrons. The molecule has 2 aromatic carbocycles. The smallest absolute Gasteiger partial charge is 0.326 e. The summed E-state index contributed by atoms with van der Waals surface area (Å²) in [5.41, 5.74) is 1.00. The van der Waals surface area contributed by atoms with Crippen LogP contribution in [0.15, 0.2) is 63.7 Å². The Morgan fingerprint density at radius 3 is 1.91 bits per heavy atom. The first kappa shape index (κ1) is 17.1. The molecule has 0 fully saturated rings. The van der Waals surface area contributed by atoms with E-state index in [2.05, 4.69) is 10.2 Å². The summed E-state index contributed by atoms with van der Waals surface area (Å²) in [6, 6.07) is 12.0. The first-order valence-corrected chi connectivity index (χ1v) is 8.38. The molecule has 0 saturated carbocycles. The molecule has 9 heteroatoms. The van der Waals surface area contributed by atoms with Crippen LogP contribution in [0.1, 0.15) is 0 Å². The Balaban J connectivity index is 2.06. The summed E-state index contributed by atoms with van der Waals surface area (Å²) in [5.74, 6) is -0.418. The summed E-state index contributed by atoms with van der Waals surface area (Å²) in [4.78, 5) is 11.0. The van der Waals surface area contributed by atoms with E-state index in [1.807, 2.05) is 0 Å². The maximum absolute atomic E-state index is 11.1. The van der Waals surface area contributed by atoms with Crippen LogP contribution >= 0.6 is 11.6 Å². The van der Waals surface area contributed by atoms with Gasteiger partial charge in [0.05, 0.1) is 16.3 Å². The lowest BCUT2D eigenvalue weighted by Gasteiger charge is -2.01. The molecule has 0 unspecified atom stereocenters. The first-order valence-electron chi connectivity index (χ1n) is 6.30. The van der Waals surface area contributed by atoms with E-state index in [1.54, 1.807) is 24.3 Å². The SMILES string of the molecule is NS(=O)(=O)c1ccc(N=Nc2ccc(OC(=O)CCl)cc2)cc1. The van der Waals surface area contributed by atoms with Gasteiger partial charge in [0.2, 0.25) is 10.0 Å². The molecule has 0 amide bonds. The number of sulfonamides is 1. The number of hydrogen-bond acceptors (Lipinski definition) is 6. The number of azo groups is 1. The van der Waals surface area contributed by atoms with Crippen LogP contribution in [0.5, 0.6) is 5.75 Å². The van der Waals surface area contributed by atoms with Gasteiger partial charge in [0.15, 0.2) is 0 Å². The number of ether oxygens (including phenoxy) is 1. The molecule has 0 radical (unpaired) electrons. The van der Waals surface area contributed by atoms with Gasteiger partial charge in [-0.3, -0.25) is 4.79 Å². The number of carbonyl (C=O) groups is 1. The van der Waals surface area contributed by atoms with Gasteiger partial charge in [0, 0.05) is 0 Å². The summed E-state index contributed by atoms with van der Waals surface area (Å²) in [6.45, 7) is 0. The fourth-order valence-corrected chi connectivity index (χ4v) is 2.13. The quantitative estimate of drug-likeness (QED) is 0.385. The van der Waals surface area contributed by atoms with Crippen molar-refractivity contribution in [2.45, 2.75) is 4.90 Å². The third kappa shape index (κ3) is 5.13. The number of hydrogen-bond donors (Lipinski definition) is 1. The lowest BCUT2D eigenvalue weighted by molar-refractivity contribution is -0.131. The van der Waals surface area contributed by atoms with E-state index in [0.29, 0.717) is 17.1 Å². The standard InChI is InChI=1S/C14H12ClN3O4S/c15-9-14(19)22-12-5-1-10(2-6-12)17-18-11-3-7-13(8-4-11)23(16,20)21/h1-8H,9H2,(H2,16,20,21). The average Bonchev–Trinajstić information content (AvgIpc) is 2.53. The second-order valence-corrected chi connectivity index (χ2v) is 6.17. The Hall–Kier alpha value is -2.29. The predicted molar refractivity (Wildman–Crippen MR) is 84.8 cm³/mol. The van der Waals surface area contributed by atoms with E-state index in [9.17, 15) is 13.2 Å². The topological polar surface area (TPSA) is 111 Å². The zero-order chi connectivity index (χ0) is 16.9. The summed E-state index contributed by atoms with van der Waals surface area (Å²) in [5, 5.41) is 13.0. The molecule has 0 aliphatic heterocycles. The van der Waals surface area contributed by atoms with Gasteiger partial charge >= 0.3 is 5.97 Å². The van der Waals surface area contributed by atoms with Crippen LogP contribution < -0.4 is 9.88 Å². The number of halogens is 1. The van der Waals surface area contributed by atoms with Crippen molar-refractivity contribution >= 4 is 39.0 Å². The highest BCUT2D eigenvalue weighted by molar-refractivity contribution is 7.89. The molecule has 0 aliphatic carbocycles. The molecule has 7 nitrogen and oxygen atoms in total. The van der Waals surface area contributed by atoms with E-state index in [1.165, 1.54) is 24.3 Å². The Labute approximate surface area is 137 Å². The fraction of sp³-hybridized carbons (Fsp3) is 0.0714. The van der Waals surface area contributed by atoms with Crippen LogP contribution in [0.2, 0.25) is 0 Å². The molecule has 0 aromatic heterocycles. The van der Waals surface area contributed by atoms with Gasteiger partial charge < -0.3 is 4.74 Å². The average molecular weight is 354 g/mol. The number of primary sulfonamides is 1. The highest BCUT2D eigenvalue weighted by Gasteiger charge is 2.06. The highest BCUT2D eigenvalue weighted by Crippen LogP contribution is 2.22. The molecular weight excluding hydrogens is 342 g/mol. The molecule has 0 saturated heterocycles. The largest absolute Gasteiger partial charge is 0.426 e. The number of nitrogens with two attached hydrogens (primary N) is 1. The van der Waals surface area contributed by atoms with Gasteiger partial charge in [0.1, 0.15) is 11.6 Å². The van der Waals surface area contributed by atoms with Crippen LogP contribution in [-0.4, -0.2) is 20.3 Å². The van der Waals surface area contributed by atoms with E-state index >= 15 is 0 Å². The van der Waals surface area contributed by atoms with E-state index < -0.39 is 16.0 Å². The molecule has 0 atom stereocenters. The van der Waals surface area contributed by atoms with Crippen LogP contribution in [0.3, 0.4) is 0 Å². The normalized spacial score (nSPS) is 11.6. The molecule has 2 aromatic rings. The van der Waals surface area contributed by atoms with Gasteiger partial charge in [0.25, 0.3) is 0 Å². The molecule has 0 bridgehead atoms. The summed E-state index contributed by atoms with van der Waals surface area (Å²) < 4.78 is 27.2. The zero-order valence-corrected chi connectivity index (χ0v) is 13.3. The predicted octanol–water partition coefficient (Wildman–Crippen LogP) is 2.89. The van der Waals surface area contributed by atoms with Crippen LogP contribution in [0.4, 0.5) is 11.4 Å². The third-order valence-electron chi connectivity index (χ3n) is 2.62.